The average molecular weight is 1090 g/mol. The average Bonchev–Trinajstić information content (AvgIpc) is 3.34. The van der Waals surface area contributed by atoms with Crippen molar-refractivity contribution in [2.45, 2.75) is 53.5 Å². The number of halogens is 3. The van der Waals surface area contributed by atoms with Gasteiger partial charge in [-0.05, 0) is 0 Å². The van der Waals surface area contributed by atoms with Crippen molar-refractivity contribution in [2.24, 2.45) is 0 Å². The number of hydrogen-bond donors (Lipinski definition) is 0. The minimum atomic E-state index is -3.87. The van der Waals surface area contributed by atoms with Gasteiger partial charge in [0.25, 0.3) is 0 Å². The molecule has 12 nitrogen and oxygen atoms in total. The van der Waals surface area contributed by atoms with E-state index < -0.39 is 13.1 Å². The van der Waals surface area contributed by atoms with Crippen LogP contribution in [-0.4, -0.2) is 177 Å². The molecule has 0 saturated carbocycles. The molecule has 1 unspecified atom stereocenters. The Morgan fingerprint density at radius 2 is 0.451 bits per heavy atom. The predicted octanol–water partition coefficient (Wildman–Crippen LogP) is -2.18. The van der Waals surface area contributed by atoms with Crippen molar-refractivity contribution >= 4 is 91.9 Å². The van der Waals surface area contributed by atoms with E-state index in [-0.39, 0.29) is 37.2 Å². The van der Waals surface area contributed by atoms with E-state index in [1.165, 1.54) is 121 Å². The van der Waals surface area contributed by atoms with Gasteiger partial charge in [-0.2, -0.15) is 0 Å². The summed E-state index contributed by atoms with van der Waals surface area (Å²) in [6.07, 6.45) is 0. The summed E-state index contributed by atoms with van der Waals surface area (Å²) in [5, 5.41) is 3.77. The Kier molecular flexibility index (Phi) is 21.6. The zero-order valence-electron chi connectivity index (χ0n) is 50.0. The van der Waals surface area contributed by atoms with Crippen molar-refractivity contribution in [3.63, 3.8) is 0 Å². The second-order valence-electron chi connectivity index (χ2n) is 22.0. The second kappa shape index (κ2) is 23.4. The monoisotopic (exact) mass is 1090 g/mol. The topological polar surface area (TPSA) is 38.9 Å². The SMILES string of the molecule is CC1=C(C)C(C)([Si](c2c(C)c(N(C)C)c(N(C)C)c(N(C)C)c2N(C)C)(c2c(C)c(N(C)C)c(N(C)C)c(N(C)C)c2N(C)C)c2c(C)c(N(C)C)c(N(C)C)c(N(C)C)c2N(C)C)[C]([Ti+3])=C1C.[Cl-].[Cl-].[Cl-]. The largest absolute Gasteiger partial charge is 1.00 e. The van der Waals surface area contributed by atoms with Crippen LogP contribution in [0.15, 0.2) is 20.6 Å². The first-order valence-corrected chi connectivity index (χ1v) is 26.7. The van der Waals surface area contributed by atoms with Crippen molar-refractivity contribution in [1.82, 2.24) is 0 Å². The number of allylic oxidation sites excluding steroid dienone is 4. The molecule has 0 spiro atoms. The molecule has 0 heterocycles. The molecule has 0 aromatic heterocycles. The van der Waals surface area contributed by atoms with Crippen LogP contribution in [0.4, 0.5) is 68.2 Å². The quantitative estimate of drug-likeness (QED) is 0.116. The molecule has 0 amide bonds. The fourth-order valence-electron chi connectivity index (χ4n) is 12.3. The summed E-state index contributed by atoms with van der Waals surface area (Å²) >= 11 is 2.48. The van der Waals surface area contributed by atoms with Crippen LogP contribution in [0.1, 0.15) is 44.4 Å². The van der Waals surface area contributed by atoms with Gasteiger partial charge >= 0.3 is 431 Å². The summed E-state index contributed by atoms with van der Waals surface area (Å²) in [4.78, 5) is 28.7. The van der Waals surface area contributed by atoms with Gasteiger partial charge in [-0.15, -0.1) is 0 Å². The summed E-state index contributed by atoms with van der Waals surface area (Å²) in [5.74, 6) is 0. The van der Waals surface area contributed by atoms with Crippen LogP contribution < -0.4 is 112 Å². The number of nitrogens with zero attached hydrogens (tertiary/aromatic N) is 12. The molecule has 3 aromatic carbocycles. The Morgan fingerprint density at radius 1 is 0.282 bits per heavy atom. The van der Waals surface area contributed by atoms with Crippen LogP contribution in [0.25, 0.3) is 0 Å². The van der Waals surface area contributed by atoms with Crippen LogP contribution >= 0.6 is 0 Å². The van der Waals surface area contributed by atoms with Crippen molar-refractivity contribution < 1.29 is 57.7 Å². The number of rotatable bonds is 16. The van der Waals surface area contributed by atoms with Crippen LogP contribution in [0, 0.1) is 20.8 Å². The van der Waals surface area contributed by atoms with E-state index in [4.69, 9.17) is 0 Å². The molecule has 1 aliphatic rings. The maximum atomic E-state index is 2.67. The van der Waals surface area contributed by atoms with Crippen LogP contribution in [-0.2, 0) is 20.4 Å². The summed E-state index contributed by atoms with van der Waals surface area (Å²) in [5.41, 5.74) is 22.9. The van der Waals surface area contributed by atoms with E-state index in [0.717, 1.165) is 0 Å². The molecule has 3 aromatic rings. The number of hydrogen-bond acceptors (Lipinski definition) is 12. The molecule has 0 radical (unpaired) electrons. The smallest absolute Gasteiger partial charge is 1.00 e. The van der Waals surface area contributed by atoms with Crippen molar-refractivity contribution in [2.75, 3.05) is 228 Å². The molecule has 0 bridgehead atoms. The first kappa shape index (κ1) is 65.6. The van der Waals surface area contributed by atoms with Crippen LogP contribution in [0.2, 0.25) is 5.04 Å². The van der Waals surface area contributed by atoms with Gasteiger partial charge in [0, 0.05) is 0 Å². The van der Waals surface area contributed by atoms with E-state index in [0.29, 0.717) is 0 Å². The zero-order valence-corrected chi connectivity index (χ0v) is 54.8. The van der Waals surface area contributed by atoms with E-state index in [1.54, 1.807) is 0 Å². The van der Waals surface area contributed by atoms with Gasteiger partial charge in [0.2, 0.25) is 0 Å². The van der Waals surface area contributed by atoms with Crippen molar-refractivity contribution in [1.29, 1.82) is 0 Å². The summed E-state index contributed by atoms with van der Waals surface area (Å²) in [6.45, 7) is 17.3. The Bertz CT molecular complexity index is 2260. The number of anilines is 12. The molecule has 1 aliphatic carbocycles. The van der Waals surface area contributed by atoms with Crippen molar-refractivity contribution in [3.05, 3.63) is 37.3 Å². The van der Waals surface area contributed by atoms with Gasteiger partial charge in [-0.3, -0.25) is 0 Å². The van der Waals surface area contributed by atoms with Gasteiger partial charge in [-0.1, -0.05) is 0 Å². The van der Waals surface area contributed by atoms with Crippen molar-refractivity contribution in [3.8, 4) is 0 Å². The zero-order chi connectivity index (χ0) is 52.6. The molecule has 0 N–H and O–H groups in total. The van der Waals surface area contributed by atoms with E-state index in [1.807, 2.05) is 0 Å². The maximum Gasteiger partial charge on any atom is -1.00 e. The molecule has 17 heteroatoms. The minimum Gasteiger partial charge on any atom is -1.00 e. The molecular formula is C54H93Cl3N12SiTi. The molecule has 398 valence electrons. The molecule has 0 saturated heterocycles. The summed E-state index contributed by atoms with van der Waals surface area (Å²) in [7, 11) is 50.0. The fraction of sp³-hybridized carbons (Fsp3) is 0.593. The third-order valence-corrected chi connectivity index (χ3v) is 22.9. The second-order valence-corrected chi connectivity index (χ2v) is 26.8. The van der Waals surface area contributed by atoms with Gasteiger partial charge < -0.3 is 37.2 Å². The Balaban J connectivity index is 0.00000840. The Hall–Kier alpha value is -3.46. The molecule has 4 rings (SSSR count). The van der Waals surface area contributed by atoms with Gasteiger partial charge in [0.1, 0.15) is 0 Å². The number of benzene rings is 3. The predicted molar refractivity (Wildman–Crippen MR) is 310 cm³/mol. The first-order valence-electron chi connectivity index (χ1n) is 23.9. The van der Waals surface area contributed by atoms with Crippen LogP contribution in [0.5, 0.6) is 0 Å². The first-order chi connectivity index (χ1) is 31.1. The summed E-state index contributed by atoms with van der Waals surface area (Å²) in [6, 6.07) is 0. The van der Waals surface area contributed by atoms with Gasteiger partial charge in [0.15, 0.2) is 0 Å². The van der Waals surface area contributed by atoms with E-state index >= 15 is 0 Å². The van der Waals surface area contributed by atoms with E-state index in [2.05, 4.69) is 297 Å². The molecule has 1 atom stereocenters. The Labute approximate surface area is 465 Å². The fourth-order valence-corrected chi connectivity index (χ4v) is 21.5. The maximum absolute atomic E-state index is 3.87. The minimum absolute atomic E-state index is 0. The normalized spacial score (nSPS) is 14.4. The summed E-state index contributed by atoms with van der Waals surface area (Å²) < 4.78 is 1.44. The molecule has 71 heavy (non-hydrogen) atoms. The molecule has 0 fully saturated rings. The van der Waals surface area contributed by atoms with Crippen LogP contribution in [0.3, 0.4) is 0 Å². The van der Waals surface area contributed by atoms with Gasteiger partial charge in [0.05, 0.1) is 0 Å². The third kappa shape index (κ3) is 9.87. The Morgan fingerprint density at radius 3 is 0.592 bits per heavy atom. The standard InChI is InChI=1S/C54H93N12Si.3ClH.Ti/c1-33-32-54(7,38(6)34(33)2)67(51-35(3)39(55(8)9)42(58(14)15)45(61(20)21)48(51)64(26)27,52-36(4)40(56(10)11)43(59(16)17)46(62(22)23)49(52)65(28)29)53-37(5)41(57(12)13)44(60(18)19)47(63(24)25)50(53)66(30)31;;;;/h1-31H3;3*1H;/q;;;;+3/p-3. The van der Waals surface area contributed by atoms with Gasteiger partial charge in [-0.25, -0.2) is 0 Å². The molecular weight excluding hydrogens is 999 g/mol. The third-order valence-electron chi connectivity index (χ3n) is 14.9. The molecule has 0 aliphatic heterocycles. The van der Waals surface area contributed by atoms with E-state index in [9.17, 15) is 0 Å².